The van der Waals surface area contributed by atoms with Gasteiger partial charge in [-0.15, -0.1) is 0 Å². The molecule has 1 saturated heterocycles. The van der Waals surface area contributed by atoms with E-state index in [1.165, 1.54) is 6.92 Å². The number of imide groups is 1. The zero-order chi connectivity index (χ0) is 22.3. The van der Waals surface area contributed by atoms with Crippen LogP contribution in [0.15, 0.2) is 30.3 Å². The van der Waals surface area contributed by atoms with Gasteiger partial charge < -0.3 is 20.7 Å². The molecular formula is C20H26N4O6. The second-order valence-electron chi connectivity index (χ2n) is 7.05. The predicted octanol–water partition coefficient (Wildman–Crippen LogP) is 0.0277. The summed E-state index contributed by atoms with van der Waals surface area (Å²) in [5, 5.41) is 7.61. The fraction of sp³-hybridized carbons (Fsp3) is 0.450. The van der Waals surface area contributed by atoms with Crippen molar-refractivity contribution in [2.75, 3.05) is 19.7 Å². The third-order valence-electron chi connectivity index (χ3n) is 4.60. The molecule has 5 amide bonds. The highest BCUT2D eigenvalue weighted by atomic mass is 16.5. The Morgan fingerprint density at radius 2 is 1.87 bits per heavy atom. The third-order valence-corrected chi connectivity index (χ3v) is 4.60. The van der Waals surface area contributed by atoms with Crippen LogP contribution in [0.4, 0.5) is 4.79 Å². The molecule has 162 valence electrons. The first-order valence-corrected chi connectivity index (χ1v) is 9.61. The Morgan fingerprint density at radius 3 is 2.50 bits per heavy atom. The van der Waals surface area contributed by atoms with E-state index in [9.17, 15) is 24.0 Å². The molecule has 1 aromatic rings. The number of hydrogen-bond acceptors (Lipinski definition) is 6. The highest BCUT2D eigenvalue weighted by Crippen LogP contribution is 2.28. The van der Waals surface area contributed by atoms with Gasteiger partial charge in [-0.05, 0) is 25.8 Å². The molecule has 0 bridgehead atoms. The van der Waals surface area contributed by atoms with Crippen LogP contribution in [-0.2, 0) is 29.5 Å². The average Bonchev–Trinajstić information content (AvgIpc) is 2.95. The van der Waals surface area contributed by atoms with Crippen LogP contribution >= 0.6 is 0 Å². The van der Waals surface area contributed by atoms with E-state index in [1.54, 1.807) is 37.3 Å². The number of hydrogen-bond donors (Lipinski definition) is 3. The second-order valence-corrected chi connectivity index (χ2v) is 7.05. The van der Waals surface area contributed by atoms with Crippen molar-refractivity contribution in [2.24, 2.45) is 0 Å². The van der Waals surface area contributed by atoms with E-state index >= 15 is 0 Å². The first-order chi connectivity index (χ1) is 14.2. The van der Waals surface area contributed by atoms with Crippen LogP contribution < -0.4 is 16.0 Å². The SMILES string of the molecule is CCCNC(=O)[C@@H](C)NC(=O)COC(=O)CN1C(=O)N[C@](C)(c2ccccc2)C1=O. The largest absolute Gasteiger partial charge is 0.454 e. The molecule has 1 heterocycles. The van der Waals surface area contributed by atoms with Crippen LogP contribution in [0.5, 0.6) is 0 Å². The van der Waals surface area contributed by atoms with Gasteiger partial charge in [0.25, 0.3) is 11.8 Å². The van der Waals surface area contributed by atoms with Crippen molar-refractivity contribution >= 4 is 29.7 Å². The minimum Gasteiger partial charge on any atom is -0.454 e. The maximum atomic E-state index is 12.7. The lowest BCUT2D eigenvalue weighted by Gasteiger charge is -2.21. The molecule has 1 aliphatic heterocycles. The van der Waals surface area contributed by atoms with Gasteiger partial charge in [0.15, 0.2) is 6.61 Å². The van der Waals surface area contributed by atoms with E-state index in [2.05, 4.69) is 16.0 Å². The molecule has 1 aromatic carbocycles. The summed E-state index contributed by atoms with van der Waals surface area (Å²) in [5.41, 5.74) is -0.717. The van der Waals surface area contributed by atoms with E-state index in [-0.39, 0.29) is 5.91 Å². The Morgan fingerprint density at radius 1 is 1.20 bits per heavy atom. The molecule has 0 unspecified atom stereocenters. The summed E-state index contributed by atoms with van der Waals surface area (Å²) >= 11 is 0. The van der Waals surface area contributed by atoms with Gasteiger partial charge in [-0.25, -0.2) is 4.79 Å². The molecular weight excluding hydrogens is 392 g/mol. The molecule has 10 nitrogen and oxygen atoms in total. The van der Waals surface area contributed by atoms with Gasteiger partial charge in [0.2, 0.25) is 5.91 Å². The lowest BCUT2D eigenvalue weighted by molar-refractivity contribution is -0.151. The van der Waals surface area contributed by atoms with E-state index in [4.69, 9.17) is 4.74 Å². The van der Waals surface area contributed by atoms with Crippen LogP contribution in [-0.4, -0.2) is 60.4 Å². The van der Waals surface area contributed by atoms with Gasteiger partial charge in [0.05, 0.1) is 0 Å². The average molecular weight is 418 g/mol. The maximum Gasteiger partial charge on any atom is 0.326 e. The first kappa shape index (κ1) is 22.9. The van der Waals surface area contributed by atoms with E-state index in [0.717, 1.165) is 11.3 Å². The number of nitrogens with one attached hydrogen (secondary N) is 3. The number of urea groups is 1. The summed E-state index contributed by atoms with van der Waals surface area (Å²) in [7, 11) is 0. The van der Waals surface area contributed by atoms with Gasteiger partial charge in [-0.1, -0.05) is 37.3 Å². The van der Waals surface area contributed by atoms with Gasteiger partial charge in [0.1, 0.15) is 18.1 Å². The van der Waals surface area contributed by atoms with Crippen molar-refractivity contribution in [2.45, 2.75) is 38.8 Å². The Balaban J connectivity index is 1.86. The standard InChI is InChI=1S/C20H26N4O6/c1-4-10-21-17(27)13(2)22-15(25)12-30-16(26)11-24-18(28)20(3,23-19(24)29)14-8-6-5-7-9-14/h5-9,13H,4,10-12H2,1-3H3,(H,21,27)(H,22,25)(H,23,29)/t13-,20-/m1/s1. The van der Waals surface area contributed by atoms with Crippen molar-refractivity contribution < 1.29 is 28.7 Å². The summed E-state index contributed by atoms with van der Waals surface area (Å²) in [4.78, 5) is 61.3. The highest BCUT2D eigenvalue weighted by molar-refractivity contribution is 6.08. The maximum absolute atomic E-state index is 12.7. The number of amides is 5. The number of carbonyl (C=O) groups is 5. The summed E-state index contributed by atoms with van der Waals surface area (Å²) in [5.74, 6) is -2.54. The molecule has 1 aliphatic rings. The molecule has 2 rings (SSSR count). The Bertz CT molecular complexity index is 828. The molecule has 0 radical (unpaired) electrons. The lowest BCUT2D eigenvalue weighted by Crippen LogP contribution is -2.46. The Kier molecular flexibility index (Phi) is 7.51. The summed E-state index contributed by atoms with van der Waals surface area (Å²) < 4.78 is 4.84. The van der Waals surface area contributed by atoms with E-state index in [0.29, 0.717) is 12.1 Å². The van der Waals surface area contributed by atoms with Crippen LogP contribution in [0.1, 0.15) is 32.8 Å². The fourth-order valence-electron chi connectivity index (χ4n) is 2.88. The van der Waals surface area contributed by atoms with Crippen LogP contribution in [0.3, 0.4) is 0 Å². The van der Waals surface area contributed by atoms with Gasteiger partial charge >= 0.3 is 12.0 Å². The van der Waals surface area contributed by atoms with Gasteiger partial charge in [-0.3, -0.25) is 24.1 Å². The fourth-order valence-corrected chi connectivity index (χ4v) is 2.88. The molecule has 0 saturated carbocycles. The zero-order valence-electron chi connectivity index (χ0n) is 17.2. The van der Waals surface area contributed by atoms with Crippen LogP contribution in [0.25, 0.3) is 0 Å². The number of esters is 1. The van der Waals surface area contributed by atoms with Gasteiger partial charge in [-0.2, -0.15) is 0 Å². The lowest BCUT2D eigenvalue weighted by atomic mass is 9.92. The molecule has 2 atom stereocenters. The first-order valence-electron chi connectivity index (χ1n) is 9.61. The smallest absolute Gasteiger partial charge is 0.326 e. The summed E-state index contributed by atoms with van der Waals surface area (Å²) in [6, 6.07) is 7.12. The summed E-state index contributed by atoms with van der Waals surface area (Å²) in [6.07, 6.45) is 0.760. The molecule has 3 N–H and O–H groups in total. The molecule has 0 aliphatic carbocycles. The van der Waals surface area contributed by atoms with Crippen molar-refractivity contribution in [3.8, 4) is 0 Å². The van der Waals surface area contributed by atoms with Crippen molar-refractivity contribution in [3.63, 3.8) is 0 Å². The second kappa shape index (κ2) is 9.86. The molecule has 0 aromatic heterocycles. The number of ether oxygens (including phenoxy) is 1. The molecule has 10 heteroatoms. The van der Waals surface area contributed by atoms with E-state index < -0.39 is 48.5 Å². The van der Waals surface area contributed by atoms with E-state index in [1.807, 2.05) is 6.92 Å². The van der Waals surface area contributed by atoms with Crippen molar-refractivity contribution in [1.82, 2.24) is 20.9 Å². The molecule has 30 heavy (non-hydrogen) atoms. The number of benzene rings is 1. The topological polar surface area (TPSA) is 134 Å². The van der Waals surface area contributed by atoms with Crippen molar-refractivity contribution in [1.29, 1.82) is 0 Å². The quantitative estimate of drug-likeness (QED) is 0.383. The Labute approximate surface area is 174 Å². The molecule has 1 fully saturated rings. The normalized spacial score (nSPS) is 19.1. The highest BCUT2D eigenvalue weighted by Gasteiger charge is 2.49. The molecule has 0 spiro atoms. The minimum atomic E-state index is -1.29. The van der Waals surface area contributed by atoms with Crippen molar-refractivity contribution in [3.05, 3.63) is 35.9 Å². The van der Waals surface area contributed by atoms with Crippen LogP contribution in [0.2, 0.25) is 0 Å². The predicted molar refractivity (Wildman–Crippen MR) is 106 cm³/mol. The minimum absolute atomic E-state index is 0.351. The van der Waals surface area contributed by atoms with Crippen LogP contribution in [0, 0.1) is 0 Å². The third kappa shape index (κ3) is 5.34. The zero-order valence-corrected chi connectivity index (χ0v) is 17.2. The monoisotopic (exact) mass is 418 g/mol. The number of rotatable bonds is 9. The Hall–Kier alpha value is -3.43. The number of nitrogens with zero attached hydrogens (tertiary/aromatic N) is 1. The van der Waals surface area contributed by atoms with Gasteiger partial charge in [0, 0.05) is 6.54 Å². The number of carbonyl (C=O) groups excluding carboxylic acids is 5. The summed E-state index contributed by atoms with van der Waals surface area (Å²) in [6.45, 7) is 4.17.